The monoisotopic (exact) mass is 310 g/mol. The molecule has 2 N–H and O–H groups in total. The highest BCUT2D eigenvalue weighted by Gasteiger charge is 2.26. The van der Waals surface area contributed by atoms with Crippen LogP contribution in [0.4, 0.5) is 0 Å². The lowest BCUT2D eigenvalue weighted by molar-refractivity contribution is 0.335. The first-order chi connectivity index (χ1) is 10.0. The van der Waals surface area contributed by atoms with E-state index in [1.54, 1.807) is 11.4 Å². The Bertz CT molecular complexity index is 532. The Hall–Kier alpha value is -0.910. The van der Waals surface area contributed by atoms with E-state index in [-0.39, 0.29) is 11.8 Å². The van der Waals surface area contributed by atoms with Crippen molar-refractivity contribution in [1.82, 2.24) is 4.31 Å². The van der Waals surface area contributed by atoms with Crippen molar-refractivity contribution >= 4 is 10.0 Å². The molecule has 0 aromatic heterocycles. The van der Waals surface area contributed by atoms with Crippen molar-refractivity contribution < 1.29 is 8.42 Å². The van der Waals surface area contributed by atoms with Crippen molar-refractivity contribution in [2.45, 2.75) is 56.9 Å². The van der Waals surface area contributed by atoms with Gasteiger partial charge in [-0.05, 0) is 24.0 Å². The average molecular weight is 310 g/mol. The van der Waals surface area contributed by atoms with Gasteiger partial charge in [-0.15, -0.1) is 0 Å². The first-order valence-corrected chi connectivity index (χ1v) is 9.37. The van der Waals surface area contributed by atoms with Crippen LogP contribution in [-0.4, -0.2) is 25.8 Å². The number of rotatable bonds is 5. The molecule has 0 saturated heterocycles. The average Bonchev–Trinajstić information content (AvgIpc) is 2.76. The van der Waals surface area contributed by atoms with E-state index in [0.29, 0.717) is 6.54 Å². The van der Waals surface area contributed by atoms with Crippen molar-refractivity contribution in [3.8, 4) is 0 Å². The maximum absolute atomic E-state index is 12.6. The van der Waals surface area contributed by atoms with Crippen LogP contribution in [0.3, 0.4) is 0 Å². The third kappa shape index (κ3) is 4.53. The molecule has 1 aliphatic carbocycles. The zero-order valence-electron chi connectivity index (χ0n) is 12.8. The molecule has 0 atom stereocenters. The Balaban J connectivity index is 2.05. The number of sulfonamides is 1. The Morgan fingerprint density at radius 3 is 2.10 bits per heavy atom. The SMILES string of the molecule is CN(C1CCCCCC1)S(=O)(=O)Cc1ccc(CN)cc1. The van der Waals surface area contributed by atoms with Crippen LogP contribution >= 0.6 is 0 Å². The summed E-state index contributed by atoms with van der Waals surface area (Å²) < 4.78 is 26.7. The highest BCUT2D eigenvalue weighted by Crippen LogP contribution is 2.24. The van der Waals surface area contributed by atoms with Gasteiger partial charge in [0.25, 0.3) is 0 Å². The van der Waals surface area contributed by atoms with Crippen LogP contribution in [0.5, 0.6) is 0 Å². The second-order valence-electron chi connectivity index (χ2n) is 5.94. The molecular formula is C16H26N2O2S. The lowest BCUT2D eigenvalue weighted by atomic mass is 10.1. The topological polar surface area (TPSA) is 63.4 Å². The van der Waals surface area contributed by atoms with Crippen molar-refractivity contribution in [2.24, 2.45) is 5.73 Å². The summed E-state index contributed by atoms with van der Waals surface area (Å²) in [5.41, 5.74) is 7.41. The number of nitrogens with zero attached hydrogens (tertiary/aromatic N) is 1. The minimum Gasteiger partial charge on any atom is -0.326 e. The van der Waals surface area contributed by atoms with Gasteiger partial charge in [0.1, 0.15) is 0 Å². The predicted octanol–water partition coefficient (Wildman–Crippen LogP) is 2.63. The van der Waals surface area contributed by atoms with Crippen LogP contribution in [0.2, 0.25) is 0 Å². The van der Waals surface area contributed by atoms with Gasteiger partial charge in [-0.3, -0.25) is 0 Å². The molecule has 5 heteroatoms. The molecule has 0 spiro atoms. The number of nitrogens with two attached hydrogens (primary N) is 1. The summed E-state index contributed by atoms with van der Waals surface area (Å²) in [6, 6.07) is 7.69. The smallest absolute Gasteiger partial charge is 0.218 e. The molecule has 0 radical (unpaired) electrons. The molecule has 0 unspecified atom stereocenters. The van der Waals surface area contributed by atoms with Crippen LogP contribution in [0.25, 0.3) is 0 Å². The minimum absolute atomic E-state index is 0.0743. The third-order valence-electron chi connectivity index (χ3n) is 4.39. The fourth-order valence-corrected chi connectivity index (χ4v) is 4.41. The maximum atomic E-state index is 12.6. The van der Waals surface area contributed by atoms with Crippen molar-refractivity contribution in [2.75, 3.05) is 7.05 Å². The maximum Gasteiger partial charge on any atom is 0.218 e. The first kappa shape index (κ1) is 16.5. The van der Waals surface area contributed by atoms with E-state index in [0.717, 1.165) is 36.8 Å². The second-order valence-corrected chi connectivity index (χ2v) is 7.97. The van der Waals surface area contributed by atoms with Crippen molar-refractivity contribution in [3.63, 3.8) is 0 Å². The quantitative estimate of drug-likeness (QED) is 0.850. The summed E-state index contributed by atoms with van der Waals surface area (Å²) in [5, 5.41) is 0. The van der Waals surface area contributed by atoms with Crippen LogP contribution in [0, 0.1) is 0 Å². The van der Waals surface area contributed by atoms with E-state index in [1.165, 1.54) is 12.8 Å². The van der Waals surface area contributed by atoms with Crippen molar-refractivity contribution in [1.29, 1.82) is 0 Å². The molecule has 1 aromatic carbocycles. The van der Waals surface area contributed by atoms with Crippen LogP contribution in [-0.2, 0) is 22.3 Å². The Labute approximate surface area is 128 Å². The molecule has 4 nitrogen and oxygen atoms in total. The van der Waals surface area contributed by atoms with Gasteiger partial charge in [0.2, 0.25) is 10.0 Å². The molecule has 2 rings (SSSR count). The lowest BCUT2D eigenvalue weighted by Crippen LogP contribution is -2.37. The van der Waals surface area contributed by atoms with Gasteiger partial charge in [0.15, 0.2) is 0 Å². The molecule has 21 heavy (non-hydrogen) atoms. The molecule has 0 aliphatic heterocycles. The lowest BCUT2D eigenvalue weighted by Gasteiger charge is -2.26. The normalized spacial score (nSPS) is 17.9. The number of hydrogen-bond acceptors (Lipinski definition) is 3. The standard InChI is InChI=1S/C16H26N2O2S/c1-18(16-6-4-2-3-5-7-16)21(19,20)13-15-10-8-14(12-17)9-11-15/h8-11,16H,2-7,12-13,17H2,1H3. The highest BCUT2D eigenvalue weighted by atomic mass is 32.2. The molecular weight excluding hydrogens is 284 g/mol. The minimum atomic E-state index is -3.25. The summed E-state index contributed by atoms with van der Waals surface area (Å²) in [7, 11) is -1.51. The van der Waals surface area contributed by atoms with Gasteiger partial charge in [-0.1, -0.05) is 49.9 Å². The largest absolute Gasteiger partial charge is 0.326 e. The van der Waals surface area contributed by atoms with E-state index in [4.69, 9.17) is 5.73 Å². The highest BCUT2D eigenvalue weighted by molar-refractivity contribution is 7.88. The zero-order valence-corrected chi connectivity index (χ0v) is 13.6. The molecule has 118 valence electrons. The molecule has 1 aromatic rings. The number of hydrogen-bond donors (Lipinski definition) is 1. The summed E-state index contributed by atoms with van der Waals surface area (Å²) in [6.45, 7) is 0.481. The Morgan fingerprint density at radius 1 is 1.05 bits per heavy atom. The van der Waals surface area contributed by atoms with Gasteiger partial charge in [0, 0.05) is 19.6 Å². The van der Waals surface area contributed by atoms with Gasteiger partial charge >= 0.3 is 0 Å². The van der Waals surface area contributed by atoms with E-state index in [2.05, 4.69) is 0 Å². The van der Waals surface area contributed by atoms with Crippen LogP contribution in [0.1, 0.15) is 49.7 Å². The molecule has 0 bridgehead atoms. The van der Waals surface area contributed by atoms with Gasteiger partial charge in [0.05, 0.1) is 5.75 Å². The third-order valence-corrected chi connectivity index (χ3v) is 6.26. The van der Waals surface area contributed by atoms with E-state index < -0.39 is 10.0 Å². The molecule has 1 fully saturated rings. The van der Waals surface area contributed by atoms with Gasteiger partial charge < -0.3 is 5.73 Å². The van der Waals surface area contributed by atoms with Crippen LogP contribution < -0.4 is 5.73 Å². The van der Waals surface area contributed by atoms with E-state index >= 15 is 0 Å². The molecule has 1 saturated carbocycles. The van der Waals surface area contributed by atoms with Gasteiger partial charge in [-0.25, -0.2) is 12.7 Å². The summed E-state index contributed by atoms with van der Waals surface area (Å²) in [6.07, 6.45) is 6.70. The second kappa shape index (κ2) is 7.38. The fraction of sp³-hybridized carbons (Fsp3) is 0.625. The summed E-state index contributed by atoms with van der Waals surface area (Å²) in [5.74, 6) is 0.0743. The van der Waals surface area contributed by atoms with Gasteiger partial charge in [-0.2, -0.15) is 0 Å². The van der Waals surface area contributed by atoms with Crippen molar-refractivity contribution in [3.05, 3.63) is 35.4 Å². The fourth-order valence-electron chi connectivity index (χ4n) is 2.93. The molecule has 0 heterocycles. The Kier molecular flexibility index (Phi) is 5.79. The Morgan fingerprint density at radius 2 is 1.57 bits per heavy atom. The van der Waals surface area contributed by atoms with E-state index in [1.807, 2.05) is 24.3 Å². The molecule has 1 aliphatic rings. The first-order valence-electron chi connectivity index (χ1n) is 7.76. The zero-order chi connectivity index (χ0) is 15.3. The summed E-state index contributed by atoms with van der Waals surface area (Å²) in [4.78, 5) is 0. The molecule has 0 amide bonds. The van der Waals surface area contributed by atoms with Crippen LogP contribution in [0.15, 0.2) is 24.3 Å². The summed E-state index contributed by atoms with van der Waals surface area (Å²) >= 11 is 0. The predicted molar refractivity (Wildman–Crippen MR) is 86.2 cm³/mol. The number of benzene rings is 1. The van der Waals surface area contributed by atoms with E-state index in [9.17, 15) is 8.42 Å².